The molecule has 3 rings (SSSR count). The van der Waals surface area contributed by atoms with Gasteiger partial charge < -0.3 is 10.2 Å². The zero-order valence-corrected chi connectivity index (χ0v) is 19.6. The Bertz CT molecular complexity index is 1150. The SMILES string of the molecule is CC(C(=O)NCc1cnc(C(F)(F)F)cc1N1CCCCC1)c1ccc(NS(C)(=O)=O)c(F)c1. The second-order valence-electron chi connectivity index (χ2n) is 8.30. The van der Waals surface area contributed by atoms with Crippen LogP contribution in [0, 0.1) is 5.82 Å². The summed E-state index contributed by atoms with van der Waals surface area (Å²) in [4.78, 5) is 18.1. The molecular formula is C22H26F4N4O3S. The van der Waals surface area contributed by atoms with Gasteiger partial charge in [-0.3, -0.25) is 14.5 Å². The summed E-state index contributed by atoms with van der Waals surface area (Å²) in [7, 11) is -3.66. The normalized spacial score (nSPS) is 15.6. The van der Waals surface area contributed by atoms with Crippen molar-refractivity contribution >= 4 is 27.3 Å². The van der Waals surface area contributed by atoms with E-state index in [1.54, 1.807) is 6.92 Å². The molecule has 0 saturated carbocycles. The minimum absolute atomic E-state index is 0.0453. The van der Waals surface area contributed by atoms with E-state index < -0.39 is 39.5 Å². The summed E-state index contributed by atoms with van der Waals surface area (Å²) in [5.74, 6) is -2.09. The number of carbonyl (C=O) groups is 1. The van der Waals surface area contributed by atoms with Crippen LogP contribution in [0.5, 0.6) is 0 Å². The third-order valence-corrected chi connectivity index (χ3v) is 6.17. The van der Waals surface area contributed by atoms with Crippen molar-refractivity contribution in [2.75, 3.05) is 29.0 Å². The quantitative estimate of drug-likeness (QED) is 0.558. The summed E-state index contributed by atoms with van der Waals surface area (Å²) in [6.07, 6.45) is 0.174. The Hall–Kier alpha value is -2.89. The number of hydrogen-bond donors (Lipinski definition) is 2. The van der Waals surface area contributed by atoms with Gasteiger partial charge in [0.1, 0.15) is 11.5 Å². The fraction of sp³-hybridized carbons (Fsp3) is 0.455. The maximum atomic E-state index is 14.3. The third-order valence-electron chi connectivity index (χ3n) is 5.58. The predicted molar refractivity (Wildman–Crippen MR) is 120 cm³/mol. The number of carbonyl (C=O) groups excluding carboxylic acids is 1. The van der Waals surface area contributed by atoms with Crippen molar-refractivity contribution < 1.29 is 30.8 Å². The first-order chi connectivity index (χ1) is 15.8. The zero-order chi connectivity index (χ0) is 25.1. The highest BCUT2D eigenvalue weighted by Crippen LogP contribution is 2.33. The molecule has 2 aromatic rings. The zero-order valence-electron chi connectivity index (χ0n) is 18.7. The van der Waals surface area contributed by atoms with Crippen LogP contribution >= 0.6 is 0 Å². The highest BCUT2D eigenvalue weighted by Gasteiger charge is 2.34. The Balaban J connectivity index is 1.75. The number of nitrogens with one attached hydrogen (secondary N) is 2. The number of piperidine rings is 1. The molecule has 1 aliphatic rings. The van der Waals surface area contributed by atoms with Gasteiger partial charge in [0, 0.05) is 37.1 Å². The molecule has 1 aromatic carbocycles. The van der Waals surface area contributed by atoms with E-state index in [-0.39, 0.29) is 12.2 Å². The van der Waals surface area contributed by atoms with Crippen molar-refractivity contribution in [3.05, 3.63) is 53.1 Å². The van der Waals surface area contributed by atoms with E-state index in [1.165, 1.54) is 12.1 Å². The first-order valence-corrected chi connectivity index (χ1v) is 12.6. The van der Waals surface area contributed by atoms with E-state index in [9.17, 15) is 30.8 Å². The molecule has 0 radical (unpaired) electrons. The van der Waals surface area contributed by atoms with Crippen molar-refractivity contribution in [2.45, 2.75) is 44.8 Å². The average Bonchev–Trinajstić information content (AvgIpc) is 2.77. The molecule has 1 aliphatic heterocycles. The number of sulfonamides is 1. The topological polar surface area (TPSA) is 91.4 Å². The average molecular weight is 503 g/mol. The highest BCUT2D eigenvalue weighted by atomic mass is 32.2. The van der Waals surface area contributed by atoms with Gasteiger partial charge >= 0.3 is 6.18 Å². The van der Waals surface area contributed by atoms with Crippen molar-refractivity contribution in [3.8, 4) is 0 Å². The largest absolute Gasteiger partial charge is 0.433 e. The molecule has 2 heterocycles. The van der Waals surface area contributed by atoms with E-state index in [0.717, 1.165) is 43.8 Å². The van der Waals surface area contributed by atoms with Crippen LogP contribution in [0.15, 0.2) is 30.5 Å². The van der Waals surface area contributed by atoms with Crippen LogP contribution in [-0.2, 0) is 27.5 Å². The van der Waals surface area contributed by atoms with Crippen molar-refractivity contribution in [2.24, 2.45) is 0 Å². The lowest BCUT2D eigenvalue weighted by Crippen LogP contribution is -2.33. The van der Waals surface area contributed by atoms with Crippen molar-refractivity contribution in [1.82, 2.24) is 10.3 Å². The fourth-order valence-electron chi connectivity index (χ4n) is 3.76. The summed E-state index contributed by atoms with van der Waals surface area (Å²) in [6, 6.07) is 4.74. The summed E-state index contributed by atoms with van der Waals surface area (Å²) in [5.41, 5.74) is -0.0712. The first kappa shape index (κ1) is 25.7. The maximum Gasteiger partial charge on any atom is 0.433 e. The Morgan fingerprint density at radius 3 is 2.44 bits per heavy atom. The Morgan fingerprint density at radius 2 is 1.85 bits per heavy atom. The summed E-state index contributed by atoms with van der Waals surface area (Å²) >= 11 is 0. The summed E-state index contributed by atoms with van der Waals surface area (Å²) < 4.78 is 78.6. The first-order valence-electron chi connectivity index (χ1n) is 10.7. The number of halogens is 4. The Labute approximate surface area is 195 Å². The van der Waals surface area contributed by atoms with Gasteiger partial charge in [-0.15, -0.1) is 0 Å². The molecule has 1 aromatic heterocycles. The molecule has 34 heavy (non-hydrogen) atoms. The fourth-order valence-corrected chi connectivity index (χ4v) is 4.33. The van der Waals surface area contributed by atoms with Crippen LogP contribution < -0.4 is 14.9 Å². The number of anilines is 2. The predicted octanol–water partition coefficient (Wildman–Crippen LogP) is 4.02. The van der Waals surface area contributed by atoms with E-state index in [4.69, 9.17) is 0 Å². The number of amides is 1. The molecule has 0 aliphatic carbocycles. The highest BCUT2D eigenvalue weighted by molar-refractivity contribution is 7.92. The molecule has 1 saturated heterocycles. The lowest BCUT2D eigenvalue weighted by Gasteiger charge is -2.31. The number of rotatable bonds is 7. The number of nitrogens with zero attached hydrogens (tertiary/aromatic N) is 2. The minimum Gasteiger partial charge on any atom is -0.371 e. The van der Waals surface area contributed by atoms with Crippen LogP contribution in [0.2, 0.25) is 0 Å². The molecule has 1 fully saturated rings. The summed E-state index contributed by atoms with van der Waals surface area (Å²) in [6.45, 7) is 2.73. The van der Waals surface area contributed by atoms with Crippen LogP contribution in [-0.4, -0.2) is 38.7 Å². The molecule has 12 heteroatoms. The number of benzene rings is 1. The smallest absolute Gasteiger partial charge is 0.371 e. The number of alkyl halides is 3. The minimum atomic E-state index is -4.58. The molecule has 1 atom stereocenters. The monoisotopic (exact) mass is 502 g/mol. The maximum absolute atomic E-state index is 14.3. The lowest BCUT2D eigenvalue weighted by molar-refractivity contribution is -0.141. The van der Waals surface area contributed by atoms with Gasteiger partial charge in [-0.1, -0.05) is 6.07 Å². The van der Waals surface area contributed by atoms with Gasteiger partial charge in [0.2, 0.25) is 15.9 Å². The molecule has 2 N–H and O–H groups in total. The van der Waals surface area contributed by atoms with E-state index in [2.05, 4.69) is 10.3 Å². The molecular weight excluding hydrogens is 476 g/mol. The van der Waals surface area contributed by atoms with Crippen LogP contribution in [0.1, 0.15) is 48.9 Å². The van der Waals surface area contributed by atoms with Crippen LogP contribution in [0.25, 0.3) is 0 Å². The van der Waals surface area contributed by atoms with Crippen molar-refractivity contribution in [3.63, 3.8) is 0 Å². The van der Waals surface area contributed by atoms with Gasteiger partial charge in [0.05, 0.1) is 17.9 Å². The number of hydrogen-bond acceptors (Lipinski definition) is 5. The van der Waals surface area contributed by atoms with Gasteiger partial charge in [0.15, 0.2) is 0 Å². The molecule has 1 amide bonds. The van der Waals surface area contributed by atoms with Gasteiger partial charge in [-0.05, 0) is 49.9 Å². The van der Waals surface area contributed by atoms with Crippen LogP contribution in [0.3, 0.4) is 0 Å². The molecule has 186 valence electrons. The summed E-state index contributed by atoms with van der Waals surface area (Å²) in [5, 5.41) is 2.69. The second kappa shape index (κ2) is 10.2. The second-order valence-corrected chi connectivity index (χ2v) is 10.0. The third kappa shape index (κ3) is 6.58. The van der Waals surface area contributed by atoms with E-state index >= 15 is 0 Å². The van der Waals surface area contributed by atoms with Gasteiger partial charge in [-0.2, -0.15) is 13.2 Å². The van der Waals surface area contributed by atoms with E-state index in [1.807, 2.05) is 9.62 Å². The lowest BCUT2D eigenvalue weighted by atomic mass is 9.99. The standard InChI is InChI=1S/C22H26F4N4O3S/c1-14(15-6-7-18(17(23)10-15)29-34(2,32)33)21(31)28-13-16-12-27-20(22(24,25)26)11-19(16)30-8-4-3-5-9-30/h6-7,10-12,14,29H,3-5,8-9,13H2,1-2H3,(H,28,31). The number of aromatic nitrogens is 1. The molecule has 0 spiro atoms. The van der Waals surface area contributed by atoms with Crippen LogP contribution in [0.4, 0.5) is 28.9 Å². The Morgan fingerprint density at radius 1 is 1.18 bits per heavy atom. The molecule has 7 nitrogen and oxygen atoms in total. The number of pyridine rings is 1. The Kier molecular flexibility index (Phi) is 7.69. The van der Waals surface area contributed by atoms with Gasteiger partial charge in [0.25, 0.3) is 0 Å². The molecule has 1 unspecified atom stereocenters. The molecule has 0 bridgehead atoms. The van der Waals surface area contributed by atoms with E-state index in [0.29, 0.717) is 29.9 Å². The van der Waals surface area contributed by atoms with Crippen molar-refractivity contribution in [1.29, 1.82) is 0 Å². The van der Waals surface area contributed by atoms with Gasteiger partial charge in [-0.25, -0.2) is 12.8 Å².